The zero-order chi connectivity index (χ0) is 11.4. The smallest absolute Gasteiger partial charge is 0.243 e. The molecule has 1 aromatic rings. The van der Waals surface area contributed by atoms with E-state index in [1.165, 1.54) is 5.56 Å². The summed E-state index contributed by atoms with van der Waals surface area (Å²) in [6.07, 6.45) is 3.95. The van der Waals surface area contributed by atoms with Gasteiger partial charge in [-0.2, -0.15) is 0 Å². The van der Waals surface area contributed by atoms with E-state index in [1.807, 2.05) is 49.5 Å². The van der Waals surface area contributed by atoms with Gasteiger partial charge in [-0.1, -0.05) is 42.5 Å². The molecular formula is C13H16N2O. The van der Waals surface area contributed by atoms with Gasteiger partial charge in [0.25, 0.3) is 0 Å². The molecule has 0 bridgehead atoms. The molecule has 16 heavy (non-hydrogen) atoms. The van der Waals surface area contributed by atoms with E-state index >= 15 is 0 Å². The lowest BCUT2D eigenvalue weighted by Crippen LogP contribution is -2.46. The van der Waals surface area contributed by atoms with Gasteiger partial charge in [0.2, 0.25) is 5.91 Å². The molecule has 0 fully saturated rings. The van der Waals surface area contributed by atoms with Crippen LogP contribution in [0.3, 0.4) is 0 Å². The van der Waals surface area contributed by atoms with Crippen molar-refractivity contribution in [1.82, 2.24) is 10.2 Å². The first-order chi connectivity index (χ1) is 7.77. The summed E-state index contributed by atoms with van der Waals surface area (Å²) in [5.74, 6) is 0.137. The van der Waals surface area contributed by atoms with E-state index in [2.05, 4.69) is 5.32 Å². The second-order valence-electron chi connectivity index (χ2n) is 3.99. The van der Waals surface area contributed by atoms with E-state index in [9.17, 15) is 4.79 Å². The Kier molecular flexibility index (Phi) is 3.37. The number of amides is 1. The molecular weight excluding hydrogens is 200 g/mol. The van der Waals surface area contributed by atoms with Gasteiger partial charge in [-0.05, 0) is 5.56 Å². The van der Waals surface area contributed by atoms with E-state index < -0.39 is 0 Å². The largest absolute Gasteiger partial charge is 0.340 e. The minimum atomic E-state index is -0.182. The van der Waals surface area contributed by atoms with Crippen molar-refractivity contribution in [2.24, 2.45) is 0 Å². The average molecular weight is 216 g/mol. The van der Waals surface area contributed by atoms with Crippen molar-refractivity contribution in [1.29, 1.82) is 0 Å². The van der Waals surface area contributed by atoms with Crippen LogP contribution < -0.4 is 5.32 Å². The van der Waals surface area contributed by atoms with Gasteiger partial charge in [0, 0.05) is 20.1 Å². The number of nitrogens with one attached hydrogen (secondary N) is 1. The molecule has 3 nitrogen and oxygen atoms in total. The Morgan fingerprint density at radius 2 is 2.12 bits per heavy atom. The highest BCUT2D eigenvalue weighted by atomic mass is 16.2. The maximum absolute atomic E-state index is 11.8. The van der Waals surface area contributed by atoms with Crippen molar-refractivity contribution < 1.29 is 4.79 Å². The third-order valence-corrected chi connectivity index (χ3v) is 2.72. The number of benzene rings is 1. The molecule has 1 atom stereocenters. The van der Waals surface area contributed by atoms with Crippen LogP contribution in [-0.4, -0.2) is 30.4 Å². The highest BCUT2D eigenvalue weighted by Crippen LogP contribution is 2.04. The summed E-state index contributed by atoms with van der Waals surface area (Å²) in [5, 5.41) is 3.24. The van der Waals surface area contributed by atoms with Crippen LogP contribution in [0.25, 0.3) is 0 Å². The molecule has 1 aliphatic heterocycles. The normalized spacial score (nSPS) is 20.2. The average Bonchev–Trinajstić information content (AvgIpc) is 2.32. The van der Waals surface area contributed by atoms with Crippen LogP contribution in [0.4, 0.5) is 0 Å². The second kappa shape index (κ2) is 4.94. The van der Waals surface area contributed by atoms with Crippen LogP contribution in [0.5, 0.6) is 0 Å². The highest BCUT2D eigenvalue weighted by molar-refractivity contribution is 5.84. The Bertz CT molecular complexity index is 386. The van der Waals surface area contributed by atoms with E-state index in [-0.39, 0.29) is 11.9 Å². The highest BCUT2D eigenvalue weighted by Gasteiger charge is 2.21. The fraction of sp³-hybridized carbons (Fsp3) is 0.308. The zero-order valence-electron chi connectivity index (χ0n) is 9.39. The first-order valence-electron chi connectivity index (χ1n) is 5.46. The van der Waals surface area contributed by atoms with Crippen molar-refractivity contribution in [3.8, 4) is 0 Å². The summed E-state index contributed by atoms with van der Waals surface area (Å²) in [6.45, 7) is 1.43. The number of hydrogen-bond donors (Lipinski definition) is 1. The Hall–Kier alpha value is -1.61. The van der Waals surface area contributed by atoms with E-state index in [0.717, 1.165) is 6.54 Å². The minimum Gasteiger partial charge on any atom is -0.340 e. The molecule has 1 heterocycles. The van der Waals surface area contributed by atoms with Gasteiger partial charge in [0.05, 0.1) is 0 Å². The van der Waals surface area contributed by atoms with Crippen molar-refractivity contribution in [3.63, 3.8) is 0 Å². The fourth-order valence-electron chi connectivity index (χ4n) is 1.74. The van der Waals surface area contributed by atoms with Gasteiger partial charge < -0.3 is 4.90 Å². The summed E-state index contributed by atoms with van der Waals surface area (Å²) in [6, 6.07) is 9.91. The molecule has 0 saturated carbocycles. The molecule has 1 amide bonds. The fourth-order valence-corrected chi connectivity index (χ4v) is 1.74. The van der Waals surface area contributed by atoms with Crippen molar-refractivity contribution >= 4 is 5.91 Å². The Balaban J connectivity index is 1.93. The van der Waals surface area contributed by atoms with Gasteiger partial charge in [-0.15, -0.1) is 0 Å². The molecule has 1 aliphatic rings. The van der Waals surface area contributed by atoms with Crippen molar-refractivity contribution in [2.45, 2.75) is 12.6 Å². The Labute approximate surface area is 95.8 Å². The standard InChI is InChI=1S/C13H16N2O/c1-15-9-5-8-12(13(15)16)14-10-11-6-3-2-4-7-11/h2-8,12,14H,9-10H2,1H3. The van der Waals surface area contributed by atoms with Crippen LogP contribution in [0.15, 0.2) is 42.5 Å². The molecule has 2 rings (SSSR count). The molecule has 0 aliphatic carbocycles. The van der Waals surface area contributed by atoms with E-state index in [0.29, 0.717) is 6.54 Å². The first kappa shape index (κ1) is 10.9. The van der Waals surface area contributed by atoms with Gasteiger partial charge in [-0.25, -0.2) is 0 Å². The van der Waals surface area contributed by atoms with Crippen LogP contribution >= 0.6 is 0 Å². The lowest BCUT2D eigenvalue weighted by Gasteiger charge is -2.25. The molecule has 0 spiro atoms. The monoisotopic (exact) mass is 216 g/mol. The number of likely N-dealkylation sites (N-methyl/N-ethyl adjacent to an activating group) is 1. The van der Waals surface area contributed by atoms with Crippen LogP contribution in [0.1, 0.15) is 5.56 Å². The first-order valence-corrected chi connectivity index (χ1v) is 5.46. The summed E-state index contributed by atoms with van der Waals surface area (Å²) >= 11 is 0. The molecule has 0 saturated heterocycles. The molecule has 1 aromatic carbocycles. The number of rotatable bonds is 3. The number of carbonyl (C=O) groups excluding carboxylic acids is 1. The lowest BCUT2D eigenvalue weighted by atomic mass is 10.1. The Morgan fingerprint density at radius 1 is 1.38 bits per heavy atom. The quantitative estimate of drug-likeness (QED) is 0.769. The number of carbonyl (C=O) groups is 1. The Morgan fingerprint density at radius 3 is 2.88 bits per heavy atom. The van der Waals surface area contributed by atoms with E-state index in [1.54, 1.807) is 4.90 Å². The van der Waals surface area contributed by atoms with Crippen molar-refractivity contribution in [2.75, 3.05) is 13.6 Å². The van der Waals surface area contributed by atoms with Gasteiger partial charge in [0.1, 0.15) is 6.04 Å². The third kappa shape index (κ3) is 2.49. The third-order valence-electron chi connectivity index (χ3n) is 2.72. The maximum atomic E-state index is 11.8. The van der Waals surface area contributed by atoms with Crippen LogP contribution in [0, 0.1) is 0 Å². The van der Waals surface area contributed by atoms with Gasteiger partial charge in [-0.3, -0.25) is 10.1 Å². The molecule has 1 N–H and O–H groups in total. The molecule has 3 heteroatoms. The molecule has 84 valence electrons. The zero-order valence-corrected chi connectivity index (χ0v) is 9.39. The summed E-state index contributed by atoms with van der Waals surface area (Å²) < 4.78 is 0. The second-order valence-corrected chi connectivity index (χ2v) is 3.99. The predicted molar refractivity (Wildman–Crippen MR) is 63.8 cm³/mol. The topological polar surface area (TPSA) is 32.3 Å². The summed E-state index contributed by atoms with van der Waals surface area (Å²) in [4.78, 5) is 13.5. The molecule has 0 aromatic heterocycles. The van der Waals surface area contributed by atoms with E-state index in [4.69, 9.17) is 0 Å². The summed E-state index contributed by atoms with van der Waals surface area (Å²) in [7, 11) is 1.82. The van der Waals surface area contributed by atoms with Gasteiger partial charge >= 0.3 is 0 Å². The SMILES string of the molecule is CN1CC=CC(NCc2ccccc2)C1=O. The van der Waals surface area contributed by atoms with Crippen LogP contribution in [-0.2, 0) is 11.3 Å². The number of hydrogen-bond acceptors (Lipinski definition) is 2. The van der Waals surface area contributed by atoms with Crippen molar-refractivity contribution in [3.05, 3.63) is 48.0 Å². The minimum absolute atomic E-state index is 0.137. The summed E-state index contributed by atoms with van der Waals surface area (Å²) in [5.41, 5.74) is 1.19. The predicted octanol–water partition coefficient (Wildman–Crippen LogP) is 1.17. The number of nitrogens with zero attached hydrogens (tertiary/aromatic N) is 1. The van der Waals surface area contributed by atoms with Gasteiger partial charge in [0.15, 0.2) is 0 Å². The maximum Gasteiger partial charge on any atom is 0.243 e. The van der Waals surface area contributed by atoms with Crippen LogP contribution in [0.2, 0.25) is 0 Å². The lowest BCUT2D eigenvalue weighted by molar-refractivity contribution is -0.131. The molecule has 0 radical (unpaired) electrons. The molecule has 1 unspecified atom stereocenters.